The van der Waals surface area contributed by atoms with E-state index in [0.717, 1.165) is 50.9 Å². The Labute approximate surface area is 169 Å². The minimum Gasteiger partial charge on any atom is -0.475 e. The zero-order chi connectivity index (χ0) is 21.7. The molecular formula is C18H21F3N4O5. The molecule has 0 saturated carbocycles. The largest absolute Gasteiger partial charge is 0.490 e. The number of amides is 1. The highest BCUT2D eigenvalue weighted by molar-refractivity contribution is 5.91. The summed E-state index contributed by atoms with van der Waals surface area (Å²) in [4.78, 5) is 30.1. The number of carbonyl (C=O) groups is 2. The van der Waals surface area contributed by atoms with Crippen LogP contribution < -0.4 is 0 Å². The summed E-state index contributed by atoms with van der Waals surface area (Å²) in [5.41, 5.74) is 1.06. The number of aromatic nitrogens is 2. The Hall–Kier alpha value is -2.86. The third-order valence-electron chi connectivity index (χ3n) is 4.60. The van der Waals surface area contributed by atoms with E-state index in [0.29, 0.717) is 18.8 Å². The number of furan rings is 1. The van der Waals surface area contributed by atoms with Crippen LogP contribution in [-0.2, 0) is 29.2 Å². The number of fused-ring (bicyclic) bond motifs is 1. The molecule has 0 atom stereocenters. The predicted molar refractivity (Wildman–Crippen MR) is 95.5 cm³/mol. The smallest absolute Gasteiger partial charge is 0.475 e. The van der Waals surface area contributed by atoms with Crippen molar-refractivity contribution in [3.63, 3.8) is 0 Å². The van der Waals surface area contributed by atoms with Crippen molar-refractivity contribution in [3.8, 4) is 0 Å². The first-order valence-corrected chi connectivity index (χ1v) is 9.22. The molecular weight excluding hydrogens is 409 g/mol. The molecule has 1 N–H and O–H groups in total. The van der Waals surface area contributed by atoms with Crippen molar-refractivity contribution in [2.45, 2.75) is 25.8 Å². The molecule has 4 heterocycles. The second-order valence-corrected chi connectivity index (χ2v) is 6.74. The number of rotatable bonds is 3. The van der Waals surface area contributed by atoms with Crippen molar-refractivity contribution in [1.29, 1.82) is 0 Å². The molecule has 0 radical (unpaired) electrons. The first-order chi connectivity index (χ1) is 14.2. The van der Waals surface area contributed by atoms with Gasteiger partial charge in [-0.25, -0.2) is 9.78 Å². The van der Waals surface area contributed by atoms with Gasteiger partial charge >= 0.3 is 12.1 Å². The highest BCUT2D eigenvalue weighted by atomic mass is 19.4. The number of carboxylic acids is 1. The lowest BCUT2D eigenvalue weighted by Gasteiger charge is -2.26. The van der Waals surface area contributed by atoms with E-state index < -0.39 is 12.1 Å². The molecule has 0 unspecified atom stereocenters. The Morgan fingerprint density at radius 2 is 1.87 bits per heavy atom. The molecule has 2 aromatic heterocycles. The Balaban J connectivity index is 0.000000318. The van der Waals surface area contributed by atoms with Crippen LogP contribution in [-0.4, -0.2) is 75.4 Å². The quantitative estimate of drug-likeness (QED) is 0.789. The van der Waals surface area contributed by atoms with Crippen LogP contribution in [0.3, 0.4) is 0 Å². The molecule has 164 valence electrons. The number of halogens is 3. The van der Waals surface area contributed by atoms with Crippen LogP contribution in [0.4, 0.5) is 13.2 Å². The van der Waals surface area contributed by atoms with Crippen LogP contribution in [0, 0.1) is 0 Å². The number of morpholine rings is 1. The molecule has 2 aliphatic rings. The Bertz CT molecular complexity index is 860. The maximum Gasteiger partial charge on any atom is 0.490 e. The van der Waals surface area contributed by atoms with Gasteiger partial charge < -0.3 is 23.7 Å². The number of alkyl halides is 3. The number of aliphatic carboxylic acids is 1. The molecule has 12 heteroatoms. The molecule has 2 aromatic rings. The standard InChI is InChI=1S/C16H20N4O3.C2HF3O2/c21-16(14-2-1-7-23-14)20-4-3-19-11-13(17-15(19)12-20)10-18-5-8-22-9-6-18;3-2(4,5)1(6)7/h1-2,7,11H,3-6,8-10,12H2;(H,6,7). The van der Waals surface area contributed by atoms with Crippen molar-refractivity contribution >= 4 is 11.9 Å². The number of hydrogen-bond acceptors (Lipinski definition) is 6. The van der Waals surface area contributed by atoms with Crippen molar-refractivity contribution in [2.75, 3.05) is 32.8 Å². The van der Waals surface area contributed by atoms with Gasteiger partial charge in [-0.15, -0.1) is 0 Å². The number of nitrogens with zero attached hydrogens (tertiary/aromatic N) is 4. The lowest BCUT2D eigenvalue weighted by atomic mass is 10.3. The van der Waals surface area contributed by atoms with E-state index in [1.807, 2.05) is 0 Å². The van der Waals surface area contributed by atoms with E-state index in [-0.39, 0.29) is 5.91 Å². The summed E-state index contributed by atoms with van der Waals surface area (Å²) in [6.07, 6.45) is -1.45. The molecule has 30 heavy (non-hydrogen) atoms. The zero-order valence-electron chi connectivity index (χ0n) is 16.0. The minimum atomic E-state index is -5.08. The molecule has 0 bridgehead atoms. The average Bonchev–Trinajstić information content (AvgIpc) is 3.37. The van der Waals surface area contributed by atoms with Crippen LogP contribution in [0.5, 0.6) is 0 Å². The van der Waals surface area contributed by atoms with Gasteiger partial charge in [0.2, 0.25) is 0 Å². The zero-order valence-corrected chi connectivity index (χ0v) is 16.0. The summed E-state index contributed by atoms with van der Waals surface area (Å²) in [6, 6.07) is 3.44. The van der Waals surface area contributed by atoms with Gasteiger partial charge in [-0.2, -0.15) is 13.2 Å². The van der Waals surface area contributed by atoms with Crippen LogP contribution in [0.2, 0.25) is 0 Å². The SMILES string of the molecule is O=C(O)C(F)(F)F.O=C(c1ccco1)N1CCn2cc(CN3CCOCC3)nc2C1. The van der Waals surface area contributed by atoms with E-state index in [1.165, 1.54) is 6.26 Å². The first kappa shape index (κ1) is 21.8. The fraction of sp³-hybridized carbons (Fsp3) is 0.500. The molecule has 1 amide bonds. The normalized spacial score (nSPS) is 17.1. The monoisotopic (exact) mass is 430 g/mol. The lowest BCUT2D eigenvalue weighted by molar-refractivity contribution is -0.192. The van der Waals surface area contributed by atoms with Gasteiger partial charge in [0.1, 0.15) is 5.82 Å². The lowest BCUT2D eigenvalue weighted by Crippen LogP contribution is -2.38. The third-order valence-corrected chi connectivity index (χ3v) is 4.60. The van der Waals surface area contributed by atoms with E-state index in [2.05, 4.69) is 15.7 Å². The summed E-state index contributed by atoms with van der Waals surface area (Å²) >= 11 is 0. The first-order valence-electron chi connectivity index (χ1n) is 9.22. The average molecular weight is 430 g/mol. The maximum absolute atomic E-state index is 12.4. The van der Waals surface area contributed by atoms with E-state index >= 15 is 0 Å². The topological polar surface area (TPSA) is 101 Å². The van der Waals surface area contributed by atoms with Gasteiger partial charge in [0.25, 0.3) is 5.91 Å². The summed E-state index contributed by atoms with van der Waals surface area (Å²) in [5.74, 6) is -1.50. The Morgan fingerprint density at radius 1 is 1.17 bits per heavy atom. The third kappa shape index (κ3) is 5.60. The van der Waals surface area contributed by atoms with Gasteiger partial charge in [0.15, 0.2) is 5.76 Å². The van der Waals surface area contributed by atoms with Crippen LogP contribution in [0.25, 0.3) is 0 Å². The van der Waals surface area contributed by atoms with Crippen molar-refractivity contribution < 1.29 is 37.0 Å². The van der Waals surface area contributed by atoms with Crippen molar-refractivity contribution in [3.05, 3.63) is 41.9 Å². The van der Waals surface area contributed by atoms with Gasteiger partial charge in [-0.3, -0.25) is 9.69 Å². The predicted octanol–water partition coefficient (Wildman–Crippen LogP) is 1.60. The second-order valence-electron chi connectivity index (χ2n) is 6.74. The van der Waals surface area contributed by atoms with Crippen molar-refractivity contribution in [1.82, 2.24) is 19.4 Å². The fourth-order valence-electron chi connectivity index (χ4n) is 3.11. The molecule has 9 nitrogen and oxygen atoms in total. The van der Waals surface area contributed by atoms with Crippen LogP contribution in [0.15, 0.2) is 29.0 Å². The molecule has 1 fully saturated rings. The number of hydrogen-bond donors (Lipinski definition) is 1. The number of carbonyl (C=O) groups excluding carboxylic acids is 1. The van der Waals surface area contributed by atoms with Crippen LogP contribution >= 0.6 is 0 Å². The van der Waals surface area contributed by atoms with E-state index in [9.17, 15) is 18.0 Å². The number of ether oxygens (including phenoxy) is 1. The summed E-state index contributed by atoms with van der Waals surface area (Å²) < 4.78 is 44.5. The Kier molecular flexibility index (Phi) is 6.77. The molecule has 2 aliphatic heterocycles. The molecule has 0 aliphatic carbocycles. The van der Waals surface area contributed by atoms with Crippen LogP contribution in [0.1, 0.15) is 22.1 Å². The van der Waals surface area contributed by atoms with Gasteiger partial charge in [0.05, 0.1) is 31.7 Å². The van der Waals surface area contributed by atoms with Gasteiger partial charge in [-0.1, -0.05) is 0 Å². The number of imidazole rings is 1. The number of carboxylic acid groups (broad SMARTS) is 1. The minimum absolute atomic E-state index is 0.0704. The van der Waals surface area contributed by atoms with Crippen molar-refractivity contribution in [2.24, 2.45) is 0 Å². The summed E-state index contributed by atoms with van der Waals surface area (Å²) in [7, 11) is 0. The summed E-state index contributed by atoms with van der Waals surface area (Å²) in [5, 5.41) is 7.12. The highest BCUT2D eigenvalue weighted by Gasteiger charge is 2.38. The molecule has 1 saturated heterocycles. The Morgan fingerprint density at radius 3 is 2.47 bits per heavy atom. The van der Waals surface area contributed by atoms with E-state index in [1.54, 1.807) is 17.0 Å². The van der Waals surface area contributed by atoms with E-state index in [4.69, 9.17) is 24.0 Å². The van der Waals surface area contributed by atoms with Gasteiger partial charge in [0, 0.05) is 38.9 Å². The fourth-order valence-corrected chi connectivity index (χ4v) is 3.11. The second kappa shape index (κ2) is 9.30. The van der Waals surface area contributed by atoms with Gasteiger partial charge in [-0.05, 0) is 12.1 Å². The maximum atomic E-state index is 12.4. The summed E-state index contributed by atoms with van der Waals surface area (Å²) in [6.45, 7) is 6.31. The highest BCUT2D eigenvalue weighted by Crippen LogP contribution is 2.17. The molecule has 4 rings (SSSR count). The molecule has 0 spiro atoms. The molecule has 0 aromatic carbocycles.